The highest BCUT2D eigenvalue weighted by Crippen LogP contribution is 2.16. The third kappa shape index (κ3) is 3.81. The van der Waals surface area contributed by atoms with Crippen molar-refractivity contribution in [1.82, 2.24) is 4.72 Å². The van der Waals surface area contributed by atoms with E-state index in [-0.39, 0.29) is 17.5 Å². The summed E-state index contributed by atoms with van der Waals surface area (Å²) in [5.41, 5.74) is 5.78. The van der Waals surface area contributed by atoms with E-state index >= 15 is 0 Å². The Kier molecular flexibility index (Phi) is 5.15. The van der Waals surface area contributed by atoms with Crippen molar-refractivity contribution in [3.8, 4) is 11.8 Å². The molecule has 6 heteroatoms. The highest BCUT2D eigenvalue weighted by molar-refractivity contribution is 7.89. The molecule has 1 aromatic rings. The summed E-state index contributed by atoms with van der Waals surface area (Å²) in [6, 6.07) is 6.63. The predicted octanol–water partition coefficient (Wildman–Crippen LogP) is 0.454. The molecule has 1 aliphatic rings. The lowest BCUT2D eigenvalue weighted by Gasteiger charge is -2.12. The fourth-order valence-corrected chi connectivity index (χ4v) is 3.26. The molecule has 1 heterocycles. The molecular weight excluding hydrogens is 276 g/mol. The van der Waals surface area contributed by atoms with Gasteiger partial charge in [0.05, 0.1) is 17.5 Å². The Bertz CT molecular complexity index is 611. The van der Waals surface area contributed by atoms with E-state index in [0.29, 0.717) is 18.7 Å². The summed E-state index contributed by atoms with van der Waals surface area (Å²) in [4.78, 5) is 0.180. The van der Waals surface area contributed by atoms with Gasteiger partial charge in [-0.1, -0.05) is 24.0 Å². The van der Waals surface area contributed by atoms with Crippen LogP contribution in [-0.2, 0) is 14.8 Å². The van der Waals surface area contributed by atoms with E-state index in [1.807, 2.05) is 0 Å². The first kappa shape index (κ1) is 15.0. The molecule has 1 saturated heterocycles. The number of ether oxygens (including phenoxy) is 1. The van der Waals surface area contributed by atoms with E-state index in [0.717, 1.165) is 12.8 Å². The Morgan fingerprint density at radius 3 is 2.90 bits per heavy atom. The zero-order valence-corrected chi connectivity index (χ0v) is 11.9. The van der Waals surface area contributed by atoms with Crippen molar-refractivity contribution in [2.24, 2.45) is 5.73 Å². The molecule has 0 aliphatic carbocycles. The van der Waals surface area contributed by atoms with Crippen LogP contribution in [0.15, 0.2) is 29.2 Å². The smallest absolute Gasteiger partial charge is 0.241 e. The summed E-state index contributed by atoms with van der Waals surface area (Å²) in [7, 11) is -3.58. The van der Waals surface area contributed by atoms with Crippen LogP contribution in [0.1, 0.15) is 18.4 Å². The number of benzene rings is 1. The van der Waals surface area contributed by atoms with Gasteiger partial charge in [0, 0.05) is 18.7 Å². The molecule has 0 amide bonds. The molecule has 1 aromatic carbocycles. The molecule has 108 valence electrons. The van der Waals surface area contributed by atoms with Crippen molar-refractivity contribution >= 4 is 10.0 Å². The second-order valence-electron chi connectivity index (χ2n) is 4.49. The number of hydrogen-bond donors (Lipinski definition) is 2. The molecule has 2 rings (SSSR count). The predicted molar refractivity (Wildman–Crippen MR) is 76.5 cm³/mol. The lowest BCUT2D eigenvalue weighted by atomic mass is 10.2. The molecule has 1 aliphatic heterocycles. The monoisotopic (exact) mass is 294 g/mol. The minimum absolute atomic E-state index is 0.0351. The molecule has 20 heavy (non-hydrogen) atoms. The molecule has 5 nitrogen and oxygen atoms in total. The maximum atomic E-state index is 12.3. The molecular formula is C14H18N2O3S. The fraction of sp³-hybridized carbons (Fsp3) is 0.429. The van der Waals surface area contributed by atoms with Crippen molar-refractivity contribution < 1.29 is 13.2 Å². The van der Waals surface area contributed by atoms with Crippen LogP contribution in [0.2, 0.25) is 0 Å². The topological polar surface area (TPSA) is 81.4 Å². The molecule has 0 aromatic heterocycles. The van der Waals surface area contributed by atoms with Crippen molar-refractivity contribution in [2.45, 2.75) is 23.8 Å². The fourth-order valence-electron chi connectivity index (χ4n) is 2.04. The third-order valence-corrected chi connectivity index (χ3v) is 4.51. The zero-order chi connectivity index (χ0) is 14.4. The summed E-state index contributed by atoms with van der Waals surface area (Å²) in [6.45, 7) is 1.18. The van der Waals surface area contributed by atoms with Gasteiger partial charge in [-0.3, -0.25) is 0 Å². The van der Waals surface area contributed by atoms with Crippen LogP contribution in [-0.4, -0.2) is 34.2 Å². The molecule has 0 saturated carbocycles. The first-order valence-corrected chi connectivity index (χ1v) is 8.01. The van der Waals surface area contributed by atoms with Gasteiger partial charge in [-0.05, 0) is 25.0 Å². The van der Waals surface area contributed by atoms with Gasteiger partial charge in [-0.15, -0.1) is 0 Å². The van der Waals surface area contributed by atoms with Gasteiger partial charge >= 0.3 is 0 Å². The Balaban J connectivity index is 2.16. The molecule has 1 fully saturated rings. The molecule has 0 radical (unpaired) electrons. The molecule has 1 atom stereocenters. The molecule has 0 spiro atoms. The summed E-state index contributed by atoms with van der Waals surface area (Å²) in [5.74, 6) is 5.46. The van der Waals surface area contributed by atoms with E-state index in [2.05, 4.69) is 16.6 Å². The standard InChI is InChI=1S/C14H18N2O3S/c15-9-3-6-12-5-1-2-8-14(12)20(17,18)16-11-13-7-4-10-19-13/h1-2,5,8,13,16H,4,7,9-11,15H2. The van der Waals surface area contributed by atoms with Crippen LogP contribution in [0.25, 0.3) is 0 Å². The maximum absolute atomic E-state index is 12.3. The number of nitrogens with one attached hydrogen (secondary N) is 1. The van der Waals surface area contributed by atoms with Crippen LogP contribution in [0.5, 0.6) is 0 Å². The Labute approximate surface area is 119 Å². The van der Waals surface area contributed by atoms with Gasteiger partial charge in [0.15, 0.2) is 0 Å². The van der Waals surface area contributed by atoms with Gasteiger partial charge in [-0.25, -0.2) is 13.1 Å². The second kappa shape index (κ2) is 6.86. The number of hydrogen-bond acceptors (Lipinski definition) is 4. The quantitative estimate of drug-likeness (QED) is 0.790. The molecule has 0 bridgehead atoms. The van der Waals surface area contributed by atoms with E-state index in [9.17, 15) is 8.42 Å². The minimum Gasteiger partial charge on any atom is -0.377 e. The van der Waals surface area contributed by atoms with Crippen molar-refractivity contribution in [1.29, 1.82) is 0 Å². The third-order valence-electron chi connectivity index (χ3n) is 3.03. The zero-order valence-electron chi connectivity index (χ0n) is 11.1. The first-order valence-electron chi connectivity index (χ1n) is 6.53. The van der Waals surface area contributed by atoms with E-state index in [4.69, 9.17) is 10.5 Å². The molecule has 1 unspecified atom stereocenters. The number of rotatable bonds is 4. The van der Waals surface area contributed by atoms with E-state index in [1.165, 1.54) is 0 Å². The highest BCUT2D eigenvalue weighted by atomic mass is 32.2. The normalized spacial score (nSPS) is 18.6. The van der Waals surface area contributed by atoms with Gasteiger partial charge in [-0.2, -0.15) is 0 Å². The van der Waals surface area contributed by atoms with Crippen LogP contribution in [0.4, 0.5) is 0 Å². The van der Waals surface area contributed by atoms with E-state index < -0.39 is 10.0 Å². The lowest BCUT2D eigenvalue weighted by molar-refractivity contribution is 0.114. The summed E-state index contributed by atoms with van der Waals surface area (Å²) >= 11 is 0. The highest BCUT2D eigenvalue weighted by Gasteiger charge is 2.21. The second-order valence-corrected chi connectivity index (χ2v) is 6.22. The largest absolute Gasteiger partial charge is 0.377 e. The summed E-state index contributed by atoms with van der Waals surface area (Å²) in [6.07, 6.45) is 1.83. The average molecular weight is 294 g/mol. The van der Waals surface area contributed by atoms with Gasteiger partial charge < -0.3 is 10.5 Å². The van der Waals surface area contributed by atoms with E-state index in [1.54, 1.807) is 24.3 Å². The van der Waals surface area contributed by atoms with Crippen molar-refractivity contribution in [3.63, 3.8) is 0 Å². The minimum atomic E-state index is -3.58. The van der Waals surface area contributed by atoms with Crippen LogP contribution >= 0.6 is 0 Å². The summed E-state index contributed by atoms with van der Waals surface area (Å²) < 4.78 is 32.6. The van der Waals surface area contributed by atoms with Gasteiger partial charge in [0.1, 0.15) is 0 Å². The lowest BCUT2D eigenvalue weighted by Crippen LogP contribution is -2.32. The Hall–Kier alpha value is -1.39. The van der Waals surface area contributed by atoms with Crippen LogP contribution in [0.3, 0.4) is 0 Å². The average Bonchev–Trinajstić information content (AvgIpc) is 2.97. The van der Waals surface area contributed by atoms with Crippen LogP contribution in [0, 0.1) is 11.8 Å². The number of sulfonamides is 1. The van der Waals surface area contributed by atoms with Gasteiger partial charge in [0.25, 0.3) is 0 Å². The Morgan fingerprint density at radius 2 is 2.20 bits per heavy atom. The molecule has 3 N–H and O–H groups in total. The van der Waals surface area contributed by atoms with Crippen molar-refractivity contribution in [2.75, 3.05) is 19.7 Å². The first-order chi connectivity index (χ1) is 9.63. The Morgan fingerprint density at radius 1 is 1.40 bits per heavy atom. The SMILES string of the molecule is NCC#Cc1ccccc1S(=O)(=O)NCC1CCCO1. The maximum Gasteiger partial charge on any atom is 0.241 e. The van der Waals surface area contributed by atoms with Crippen molar-refractivity contribution in [3.05, 3.63) is 29.8 Å². The number of nitrogens with two attached hydrogens (primary N) is 1. The van der Waals surface area contributed by atoms with Gasteiger partial charge in [0.2, 0.25) is 10.0 Å². The van der Waals surface area contributed by atoms with Crippen LogP contribution < -0.4 is 10.5 Å². The summed E-state index contributed by atoms with van der Waals surface area (Å²) in [5, 5.41) is 0.